The number of aromatic nitrogens is 2. The van der Waals surface area contributed by atoms with Gasteiger partial charge in [-0.1, -0.05) is 120 Å². The third-order valence-electron chi connectivity index (χ3n) is 11.9. The summed E-state index contributed by atoms with van der Waals surface area (Å²) in [6, 6.07) is 52.8. The van der Waals surface area contributed by atoms with Crippen LogP contribution in [-0.4, -0.2) is 9.13 Å². The molecule has 0 aliphatic carbocycles. The monoisotopic (exact) mass is 785 g/mol. The molecule has 0 aliphatic rings. The first-order valence-electron chi connectivity index (χ1n) is 20.0. The molecule has 6 heteroatoms. The van der Waals surface area contributed by atoms with Crippen LogP contribution in [0.2, 0.25) is 0 Å². The summed E-state index contributed by atoms with van der Waals surface area (Å²) in [5.74, 6) is 0. The summed E-state index contributed by atoms with van der Waals surface area (Å²) in [6.45, 7) is 8.25. The molecule has 0 amide bonds. The molecule has 0 bridgehead atoms. The molecule has 0 radical (unpaired) electrons. The van der Waals surface area contributed by atoms with E-state index in [1.165, 1.54) is 6.07 Å². The standard InChI is InChI=1S/C54H38F3N3/c1-32-16-20-40(34(3)24-32)38-18-22-44-42-12-5-7-14-48(42)59(50(44)27-38)52-30-47(54(55,56)57)53(29-46(52)37-11-9-10-36(26-37)31-58)60-49-15-8-6-13-43(49)45-23-19-39(28-51(45)60)41-21-17-33(2)25-35(41)4/h5-30H,1-4H3. The predicted octanol–water partition coefficient (Wildman–Crippen LogP) is 15.0. The van der Waals surface area contributed by atoms with Gasteiger partial charge in [-0.2, -0.15) is 18.4 Å². The molecule has 2 aromatic heterocycles. The average Bonchev–Trinajstić information content (AvgIpc) is 3.75. The highest BCUT2D eigenvalue weighted by Gasteiger charge is 2.37. The summed E-state index contributed by atoms with van der Waals surface area (Å²) < 4.78 is 52.0. The molecule has 0 saturated carbocycles. The number of fused-ring (bicyclic) bond motifs is 6. The molecule has 0 atom stereocenters. The second kappa shape index (κ2) is 13.9. The summed E-state index contributed by atoms with van der Waals surface area (Å²) >= 11 is 0. The SMILES string of the molecule is Cc1ccc(-c2ccc3c4ccccc4n(-c4cc(C(F)(F)F)c(-n5c6ccccc6c6ccc(-c7ccc(C)cc7C)cc65)cc4-c4cccc(C#N)c4)c3c2)c(C)c1. The van der Waals surface area contributed by atoms with Crippen LogP contribution in [0.5, 0.6) is 0 Å². The van der Waals surface area contributed by atoms with Crippen molar-refractivity contribution in [3.8, 4) is 50.8 Å². The van der Waals surface area contributed by atoms with E-state index in [0.717, 1.165) is 77.1 Å². The molecule has 2 heterocycles. The van der Waals surface area contributed by atoms with Crippen molar-refractivity contribution in [3.05, 3.63) is 191 Å². The molecule has 3 nitrogen and oxygen atoms in total. The lowest BCUT2D eigenvalue weighted by atomic mass is 9.96. The molecule has 60 heavy (non-hydrogen) atoms. The van der Waals surface area contributed by atoms with Crippen LogP contribution < -0.4 is 0 Å². The molecule has 0 spiro atoms. The van der Waals surface area contributed by atoms with Crippen LogP contribution in [0.4, 0.5) is 13.2 Å². The number of hydrogen-bond acceptors (Lipinski definition) is 1. The maximum Gasteiger partial charge on any atom is 0.418 e. The Balaban J connectivity index is 1.34. The average molecular weight is 786 g/mol. The van der Waals surface area contributed by atoms with Gasteiger partial charge < -0.3 is 9.13 Å². The first-order valence-corrected chi connectivity index (χ1v) is 20.0. The van der Waals surface area contributed by atoms with Crippen molar-refractivity contribution in [1.82, 2.24) is 9.13 Å². The third-order valence-corrected chi connectivity index (χ3v) is 11.9. The summed E-state index contributed by atoms with van der Waals surface area (Å²) in [5, 5.41) is 13.6. The van der Waals surface area contributed by atoms with Gasteiger partial charge in [-0.3, -0.25) is 0 Å². The number of hydrogen-bond donors (Lipinski definition) is 0. The number of para-hydroxylation sites is 2. The lowest BCUT2D eigenvalue weighted by Crippen LogP contribution is -2.13. The molecule has 10 rings (SSSR count). The van der Waals surface area contributed by atoms with Gasteiger partial charge in [0, 0.05) is 27.1 Å². The zero-order valence-electron chi connectivity index (χ0n) is 33.5. The number of benzene rings is 8. The highest BCUT2D eigenvalue weighted by molar-refractivity contribution is 6.12. The highest BCUT2D eigenvalue weighted by atomic mass is 19.4. The number of alkyl halides is 3. The van der Waals surface area contributed by atoms with E-state index in [1.807, 2.05) is 78.2 Å². The quantitative estimate of drug-likeness (QED) is 0.171. The third kappa shape index (κ3) is 5.96. The second-order valence-electron chi connectivity index (χ2n) is 15.9. The number of halogens is 3. The number of aryl methyl sites for hydroxylation is 4. The van der Waals surface area contributed by atoms with Gasteiger partial charge in [-0.05, 0) is 115 Å². The van der Waals surface area contributed by atoms with Crippen LogP contribution >= 0.6 is 0 Å². The van der Waals surface area contributed by atoms with Gasteiger partial charge >= 0.3 is 6.18 Å². The lowest BCUT2D eigenvalue weighted by Gasteiger charge is -2.22. The summed E-state index contributed by atoms with van der Waals surface area (Å²) in [6.07, 6.45) is -4.75. The summed E-state index contributed by atoms with van der Waals surface area (Å²) in [4.78, 5) is 0. The van der Waals surface area contributed by atoms with E-state index in [4.69, 9.17) is 0 Å². The maximum atomic E-state index is 16.1. The normalized spacial score (nSPS) is 11.9. The largest absolute Gasteiger partial charge is 0.418 e. The van der Waals surface area contributed by atoms with Crippen molar-refractivity contribution in [2.45, 2.75) is 33.9 Å². The second-order valence-corrected chi connectivity index (χ2v) is 15.9. The van der Waals surface area contributed by atoms with E-state index in [1.54, 1.807) is 28.8 Å². The maximum absolute atomic E-state index is 16.1. The minimum absolute atomic E-state index is 0.00400. The molecule has 0 aliphatic heterocycles. The van der Waals surface area contributed by atoms with Crippen LogP contribution in [-0.2, 0) is 6.18 Å². The zero-order valence-corrected chi connectivity index (χ0v) is 33.5. The van der Waals surface area contributed by atoms with E-state index < -0.39 is 11.7 Å². The van der Waals surface area contributed by atoms with Gasteiger partial charge in [0.1, 0.15) is 0 Å². The number of nitriles is 1. The Morgan fingerprint density at radius 2 is 0.933 bits per heavy atom. The zero-order chi connectivity index (χ0) is 41.4. The Morgan fingerprint density at radius 3 is 1.45 bits per heavy atom. The Morgan fingerprint density at radius 1 is 0.433 bits per heavy atom. The highest BCUT2D eigenvalue weighted by Crippen LogP contribution is 2.46. The molecule has 0 fully saturated rings. The smallest absolute Gasteiger partial charge is 0.309 e. The Hall–Kier alpha value is -7.36. The van der Waals surface area contributed by atoms with Gasteiger partial charge in [0.2, 0.25) is 0 Å². The Kier molecular flexibility index (Phi) is 8.55. The molecule has 290 valence electrons. The first-order chi connectivity index (χ1) is 29.0. The molecule has 0 saturated heterocycles. The van der Waals surface area contributed by atoms with Crippen molar-refractivity contribution in [3.63, 3.8) is 0 Å². The van der Waals surface area contributed by atoms with Gasteiger partial charge in [0.15, 0.2) is 0 Å². The van der Waals surface area contributed by atoms with Crippen LogP contribution in [0.25, 0.3) is 88.4 Å². The van der Waals surface area contributed by atoms with Gasteiger partial charge in [0.05, 0.1) is 50.6 Å². The van der Waals surface area contributed by atoms with E-state index >= 15 is 13.2 Å². The number of rotatable bonds is 5. The van der Waals surface area contributed by atoms with Crippen molar-refractivity contribution >= 4 is 43.6 Å². The van der Waals surface area contributed by atoms with Crippen molar-refractivity contribution in [2.24, 2.45) is 0 Å². The first kappa shape index (κ1) is 36.9. The van der Waals surface area contributed by atoms with Crippen LogP contribution in [0, 0.1) is 39.0 Å². The minimum Gasteiger partial charge on any atom is -0.309 e. The molecule has 10 aromatic rings. The van der Waals surface area contributed by atoms with Crippen molar-refractivity contribution in [1.29, 1.82) is 5.26 Å². The lowest BCUT2D eigenvalue weighted by molar-refractivity contribution is -0.137. The Labute approximate surface area is 345 Å². The van der Waals surface area contributed by atoms with E-state index in [-0.39, 0.29) is 5.69 Å². The Bertz CT molecular complexity index is 3430. The van der Waals surface area contributed by atoms with Gasteiger partial charge in [-0.15, -0.1) is 0 Å². The van der Waals surface area contributed by atoms with E-state index in [9.17, 15) is 5.26 Å². The summed E-state index contributed by atoms with van der Waals surface area (Å²) in [7, 11) is 0. The molecule has 0 unspecified atom stereocenters. The fourth-order valence-electron chi connectivity index (χ4n) is 9.23. The van der Waals surface area contributed by atoms with Crippen LogP contribution in [0.1, 0.15) is 33.4 Å². The topological polar surface area (TPSA) is 33.6 Å². The molecule has 0 N–H and O–H groups in total. The fraction of sp³-hybridized carbons (Fsp3) is 0.0926. The minimum atomic E-state index is -4.75. The molecular weight excluding hydrogens is 748 g/mol. The van der Waals surface area contributed by atoms with E-state index in [2.05, 4.69) is 87.5 Å². The van der Waals surface area contributed by atoms with Crippen LogP contribution in [0.15, 0.2) is 158 Å². The predicted molar refractivity (Wildman–Crippen MR) is 240 cm³/mol. The van der Waals surface area contributed by atoms with Crippen molar-refractivity contribution < 1.29 is 13.2 Å². The van der Waals surface area contributed by atoms with Gasteiger partial charge in [0.25, 0.3) is 0 Å². The molecule has 8 aromatic carbocycles. The van der Waals surface area contributed by atoms with Gasteiger partial charge in [-0.25, -0.2) is 0 Å². The summed E-state index contributed by atoms with van der Waals surface area (Å²) in [5.41, 5.74) is 12.5. The van der Waals surface area contributed by atoms with Crippen molar-refractivity contribution in [2.75, 3.05) is 0 Å². The molecular formula is C54H38F3N3. The fourth-order valence-corrected chi connectivity index (χ4v) is 9.23. The van der Waals surface area contributed by atoms with Crippen LogP contribution in [0.3, 0.4) is 0 Å². The van der Waals surface area contributed by atoms with E-state index in [0.29, 0.717) is 33.4 Å². The number of nitrogens with zero attached hydrogens (tertiary/aromatic N) is 3.